The zero-order valence-electron chi connectivity index (χ0n) is 14.4. The molecule has 0 saturated heterocycles. The van der Waals surface area contributed by atoms with Gasteiger partial charge in [-0.15, -0.1) is 9.98 Å². The van der Waals surface area contributed by atoms with Crippen molar-refractivity contribution in [3.8, 4) is 0 Å². The molecule has 2 aliphatic carbocycles. The summed E-state index contributed by atoms with van der Waals surface area (Å²) in [4.78, 5) is 38.6. The van der Waals surface area contributed by atoms with Crippen LogP contribution in [0, 0.1) is 0 Å². The fraction of sp³-hybridized carbons (Fsp3) is 0.421. The van der Waals surface area contributed by atoms with Crippen LogP contribution in [0.1, 0.15) is 72.1 Å². The molecule has 4 rings (SSSR count). The monoisotopic (exact) mass is 354 g/mol. The highest BCUT2D eigenvalue weighted by molar-refractivity contribution is 6.20. The fourth-order valence-electron chi connectivity index (χ4n) is 3.43. The summed E-state index contributed by atoms with van der Waals surface area (Å²) in [5, 5.41) is 0.619. The molecule has 0 atom stereocenters. The van der Waals surface area contributed by atoms with E-state index < -0.39 is 11.8 Å². The molecule has 0 aromatic heterocycles. The Hall–Kier alpha value is -2.83. The van der Waals surface area contributed by atoms with Gasteiger partial charge in [-0.25, -0.2) is 0 Å². The zero-order chi connectivity index (χ0) is 17.9. The predicted molar refractivity (Wildman–Crippen MR) is 95.2 cm³/mol. The van der Waals surface area contributed by atoms with E-state index in [1.54, 1.807) is 24.3 Å². The van der Waals surface area contributed by atoms with Crippen molar-refractivity contribution in [3.05, 3.63) is 35.4 Å². The third-order valence-electron chi connectivity index (χ3n) is 4.81. The Kier molecular flexibility index (Phi) is 4.60. The van der Waals surface area contributed by atoms with Gasteiger partial charge in [0.25, 0.3) is 0 Å². The van der Waals surface area contributed by atoms with Gasteiger partial charge in [0, 0.05) is 16.4 Å². The smallest absolute Gasteiger partial charge is 0.265 e. The van der Waals surface area contributed by atoms with Crippen molar-refractivity contribution in [2.24, 2.45) is 9.98 Å². The molecule has 0 radical (unpaired) electrons. The zero-order valence-corrected chi connectivity index (χ0v) is 14.4. The molecule has 1 aliphatic heterocycles. The molecule has 0 N–H and O–H groups in total. The lowest BCUT2D eigenvalue weighted by molar-refractivity contribution is -0.575. The van der Waals surface area contributed by atoms with Crippen molar-refractivity contribution in [3.63, 3.8) is 0 Å². The van der Waals surface area contributed by atoms with Crippen LogP contribution < -0.4 is 0 Å². The SMILES string of the molecule is O=C1c2ccccc2C(=O)N1O[O+]=C(N=C1CCCC1)N=C1CCCC1. The first kappa shape index (κ1) is 16.6. The van der Waals surface area contributed by atoms with Crippen LogP contribution in [0.4, 0.5) is 4.58 Å². The van der Waals surface area contributed by atoms with Crippen LogP contribution in [-0.2, 0) is 4.99 Å². The van der Waals surface area contributed by atoms with Crippen LogP contribution >= 0.6 is 0 Å². The number of aliphatic imine (C=N–C) groups is 2. The number of carbonyl (C=O) groups excluding carboxylic acids is 3. The summed E-state index contributed by atoms with van der Waals surface area (Å²) in [6.07, 6.45) is 8.03. The van der Waals surface area contributed by atoms with Gasteiger partial charge in [0.2, 0.25) is 0 Å². The van der Waals surface area contributed by atoms with Gasteiger partial charge in [-0.3, -0.25) is 9.59 Å². The third-order valence-corrected chi connectivity index (χ3v) is 4.81. The number of benzene rings is 1. The van der Waals surface area contributed by atoms with E-state index in [2.05, 4.69) is 9.98 Å². The maximum Gasteiger partial charge on any atom is 0.640 e. The summed E-state index contributed by atoms with van der Waals surface area (Å²) in [6.45, 7) is 0. The van der Waals surface area contributed by atoms with Crippen molar-refractivity contribution in [1.29, 1.82) is 0 Å². The Bertz CT molecular complexity index is 762. The van der Waals surface area contributed by atoms with Gasteiger partial charge in [-0.1, -0.05) is 12.1 Å². The van der Waals surface area contributed by atoms with Crippen molar-refractivity contribution >= 4 is 29.3 Å². The topological polar surface area (TPSA) is 82.6 Å². The maximum absolute atomic E-state index is 12.3. The van der Waals surface area contributed by atoms with Crippen LogP contribution in [0.2, 0.25) is 0 Å². The molecule has 7 nitrogen and oxygen atoms in total. The molecule has 26 heavy (non-hydrogen) atoms. The normalized spacial score (nSPS) is 19.0. The minimum atomic E-state index is -0.549. The second-order valence-electron chi connectivity index (χ2n) is 6.66. The van der Waals surface area contributed by atoms with E-state index in [1.165, 1.54) is 0 Å². The van der Waals surface area contributed by atoms with Crippen molar-refractivity contribution in [1.82, 2.24) is 5.06 Å². The van der Waals surface area contributed by atoms with Gasteiger partial charge in [0.05, 0.1) is 11.1 Å². The standard InChI is InChI=1S/C19H20N3O4/c23-17-15-11-5-6-12-16(15)18(24)22(17)26-25-19(20-13-7-1-2-8-13)21-14-9-3-4-10-14/h5-6,11-12H,1-4,7-10H2/q+1. The molecule has 0 unspecified atom stereocenters. The molecular weight excluding hydrogens is 334 g/mol. The lowest BCUT2D eigenvalue weighted by Crippen LogP contribution is -2.27. The minimum absolute atomic E-state index is 0.0651. The quantitative estimate of drug-likeness (QED) is 0.350. The number of rotatable bonds is 2. The fourth-order valence-corrected chi connectivity index (χ4v) is 3.43. The number of nitrogens with zero attached hydrogens (tertiary/aromatic N) is 3. The number of hydrogen-bond donors (Lipinski definition) is 0. The Balaban J connectivity index is 1.57. The van der Waals surface area contributed by atoms with Gasteiger partial charge in [-0.05, 0) is 68.6 Å². The second kappa shape index (κ2) is 7.19. The van der Waals surface area contributed by atoms with Gasteiger partial charge in [0.1, 0.15) is 4.58 Å². The molecule has 1 aromatic rings. The van der Waals surface area contributed by atoms with E-state index >= 15 is 0 Å². The number of hydrogen-bond acceptors (Lipinski definition) is 3. The lowest BCUT2D eigenvalue weighted by Gasteiger charge is -1.98. The summed E-state index contributed by atoms with van der Waals surface area (Å²) in [5.74, 6) is -1.10. The van der Waals surface area contributed by atoms with E-state index in [-0.39, 0.29) is 6.03 Å². The van der Waals surface area contributed by atoms with E-state index in [1.807, 2.05) is 0 Å². The van der Waals surface area contributed by atoms with E-state index in [9.17, 15) is 9.59 Å². The molecule has 134 valence electrons. The van der Waals surface area contributed by atoms with Crippen molar-refractivity contribution in [2.45, 2.75) is 51.4 Å². The summed E-state index contributed by atoms with van der Waals surface area (Å²) in [6, 6.07) is 6.63. The Morgan fingerprint density at radius 1 is 0.846 bits per heavy atom. The highest BCUT2D eigenvalue weighted by atomic mass is 17.2. The summed E-state index contributed by atoms with van der Waals surface area (Å²) in [7, 11) is 0. The largest absolute Gasteiger partial charge is 0.640 e. The molecule has 2 saturated carbocycles. The van der Waals surface area contributed by atoms with Crippen LogP contribution in [-0.4, -0.2) is 34.3 Å². The number of hydroxylamine groups is 2. The van der Waals surface area contributed by atoms with E-state index in [0.29, 0.717) is 16.2 Å². The average Bonchev–Trinajstić information content (AvgIpc) is 3.38. The van der Waals surface area contributed by atoms with Gasteiger partial charge >= 0.3 is 17.8 Å². The van der Waals surface area contributed by atoms with Gasteiger partial charge in [0.15, 0.2) is 0 Å². The number of imide groups is 1. The van der Waals surface area contributed by atoms with Gasteiger partial charge in [-0.2, -0.15) is 0 Å². The lowest BCUT2D eigenvalue weighted by atomic mass is 10.1. The molecule has 3 aliphatic rings. The summed E-state index contributed by atoms with van der Waals surface area (Å²) >= 11 is 0. The predicted octanol–water partition coefficient (Wildman–Crippen LogP) is 3.81. The third kappa shape index (κ3) is 3.29. The van der Waals surface area contributed by atoms with E-state index in [4.69, 9.17) is 9.56 Å². The second-order valence-corrected chi connectivity index (χ2v) is 6.66. The first-order valence-corrected chi connectivity index (χ1v) is 9.04. The Morgan fingerprint density at radius 3 is 1.77 bits per heavy atom. The highest BCUT2D eigenvalue weighted by Gasteiger charge is 2.41. The average molecular weight is 354 g/mol. The van der Waals surface area contributed by atoms with Crippen LogP contribution in [0.15, 0.2) is 34.3 Å². The van der Waals surface area contributed by atoms with E-state index in [0.717, 1.165) is 62.8 Å². The molecule has 2 fully saturated rings. The first-order valence-electron chi connectivity index (χ1n) is 9.04. The Morgan fingerprint density at radius 2 is 1.31 bits per heavy atom. The number of urea groups is 1. The summed E-state index contributed by atoms with van der Waals surface area (Å²) in [5.41, 5.74) is 2.61. The highest BCUT2D eigenvalue weighted by Crippen LogP contribution is 2.24. The molecule has 0 bridgehead atoms. The number of carbonyl (C=O) groups is 2. The minimum Gasteiger partial charge on any atom is -0.265 e. The molecule has 4 amide bonds. The molecule has 0 spiro atoms. The van der Waals surface area contributed by atoms with Gasteiger partial charge < -0.3 is 0 Å². The molecular formula is C19H20N3O4+. The maximum atomic E-state index is 12.3. The Labute approximate surface area is 151 Å². The van der Waals surface area contributed by atoms with Crippen molar-refractivity contribution in [2.75, 3.05) is 0 Å². The van der Waals surface area contributed by atoms with Crippen molar-refractivity contribution < 1.29 is 19.2 Å². The molecule has 7 heteroatoms. The van der Waals surface area contributed by atoms with Crippen LogP contribution in [0.3, 0.4) is 0 Å². The number of fused-ring (bicyclic) bond motifs is 1. The molecule has 1 aromatic carbocycles. The van der Waals surface area contributed by atoms with Crippen LogP contribution in [0.5, 0.6) is 0 Å². The molecule has 1 heterocycles. The van der Waals surface area contributed by atoms with Crippen LogP contribution in [0.25, 0.3) is 0 Å². The number of amides is 4. The summed E-state index contributed by atoms with van der Waals surface area (Å²) < 4.78 is 5.25. The first-order chi connectivity index (χ1) is 12.7.